The van der Waals surface area contributed by atoms with Crippen molar-refractivity contribution < 1.29 is 9.84 Å². The highest BCUT2D eigenvalue weighted by molar-refractivity contribution is 7.99. The summed E-state index contributed by atoms with van der Waals surface area (Å²) in [5.74, 6) is 0. The van der Waals surface area contributed by atoms with E-state index in [1.54, 1.807) is 0 Å². The molecule has 0 aromatic heterocycles. The fourth-order valence-electron chi connectivity index (χ4n) is 4.15. The van der Waals surface area contributed by atoms with Crippen LogP contribution < -0.4 is 4.90 Å². The van der Waals surface area contributed by atoms with E-state index in [1.165, 1.54) is 26.7 Å². The SMILES string of the molecule is Cc1ccc2c(c1)N(CCCN1CCC(OCCO)CC1)c1ccccc1S2. The van der Waals surface area contributed by atoms with Crippen molar-refractivity contribution in [3.8, 4) is 0 Å². The normalized spacial score (nSPS) is 17.4. The van der Waals surface area contributed by atoms with E-state index in [0.717, 1.165) is 45.4 Å². The number of piperidine rings is 1. The summed E-state index contributed by atoms with van der Waals surface area (Å²) in [5.41, 5.74) is 4.00. The lowest BCUT2D eigenvalue weighted by Gasteiger charge is -2.35. The third kappa shape index (κ3) is 4.54. The van der Waals surface area contributed by atoms with E-state index in [9.17, 15) is 0 Å². The van der Waals surface area contributed by atoms with E-state index in [1.807, 2.05) is 11.8 Å². The van der Waals surface area contributed by atoms with Crippen molar-refractivity contribution in [2.24, 2.45) is 0 Å². The van der Waals surface area contributed by atoms with E-state index < -0.39 is 0 Å². The van der Waals surface area contributed by atoms with Crippen molar-refractivity contribution in [3.63, 3.8) is 0 Å². The Labute approximate surface area is 172 Å². The zero-order valence-electron chi connectivity index (χ0n) is 16.6. The molecular weight excluding hydrogens is 368 g/mol. The third-order valence-electron chi connectivity index (χ3n) is 5.62. The van der Waals surface area contributed by atoms with Crippen LogP contribution in [0.4, 0.5) is 11.4 Å². The zero-order chi connectivity index (χ0) is 19.3. The largest absolute Gasteiger partial charge is 0.394 e. The van der Waals surface area contributed by atoms with Crippen molar-refractivity contribution >= 4 is 23.1 Å². The average molecular weight is 399 g/mol. The number of nitrogens with zero attached hydrogens (tertiary/aromatic N) is 2. The molecule has 0 amide bonds. The van der Waals surface area contributed by atoms with E-state index in [2.05, 4.69) is 59.2 Å². The van der Waals surface area contributed by atoms with Gasteiger partial charge in [-0.1, -0.05) is 30.0 Å². The molecule has 0 saturated carbocycles. The number of benzene rings is 2. The van der Waals surface area contributed by atoms with Gasteiger partial charge in [-0.3, -0.25) is 0 Å². The van der Waals surface area contributed by atoms with Crippen molar-refractivity contribution in [1.82, 2.24) is 4.90 Å². The smallest absolute Gasteiger partial charge is 0.0701 e. The van der Waals surface area contributed by atoms with Gasteiger partial charge in [0.15, 0.2) is 0 Å². The molecule has 0 radical (unpaired) electrons. The molecule has 150 valence electrons. The minimum Gasteiger partial charge on any atom is -0.394 e. The lowest BCUT2D eigenvalue weighted by Crippen LogP contribution is -2.38. The van der Waals surface area contributed by atoms with Crippen LogP contribution >= 0.6 is 11.8 Å². The summed E-state index contributed by atoms with van der Waals surface area (Å²) in [4.78, 5) is 7.76. The van der Waals surface area contributed by atoms with Gasteiger partial charge in [-0.05, 0) is 62.6 Å². The molecule has 28 heavy (non-hydrogen) atoms. The number of hydrogen-bond acceptors (Lipinski definition) is 5. The number of anilines is 2. The monoisotopic (exact) mass is 398 g/mol. The van der Waals surface area contributed by atoms with Gasteiger partial charge in [0, 0.05) is 29.4 Å². The van der Waals surface area contributed by atoms with Crippen LogP contribution in [0.25, 0.3) is 0 Å². The van der Waals surface area contributed by atoms with Gasteiger partial charge in [0.05, 0.1) is 30.7 Å². The summed E-state index contributed by atoms with van der Waals surface area (Å²) < 4.78 is 5.68. The Morgan fingerprint density at radius 1 is 1.04 bits per heavy atom. The van der Waals surface area contributed by atoms with Crippen molar-refractivity contribution in [2.75, 3.05) is 44.3 Å². The van der Waals surface area contributed by atoms with Crippen LogP contribution in [0.2, 0.25) is 0 Å². The van der Waals surface area contributed by atoms with Crippen molar-refractivity contribution in [1.29, 1.82) is 0 Å². The van der Waals surface area contributed by atoms with Crippen LogP contribution in [0.3, 0.4) is 0 Å². The molecule has 2 aliphatic heterocycles. The summed E-state index contributed by atoms with van der Waals surface area (Å²) in [5, 5.41) is 8.90. The summed E-state index contributed by atoms with van der Waals surface area (Å²) in [6.45, 7) is 7.12. The topological polar surface area (TPSA) is 35.9 Å². The van der Waals surface area contributed by atoms with Crippen molar-refractivity contribution in [2.45, 2.75) is 42.1 Å². The van der Waals surface area contributed by atoms with Gasteiger partial charge in [-0.25, -0.2) is 0 Å². The predicted molar refractivity (Wildman–Crippen MR) is 116 cm³/mol. The summed E-state index contributed by atoms with van der Waals surface area (Å²) in [6.07, 6.45) is 3.62. The van der Waals surface area contributed by atoms with Crippen LogP contribution in [-0.2, 0) is 4.74 Å². The van der Waals surface area contributed by atoms with E-state index in [-0.39, 0.29) is 6.61 Å². The van der Waals surface area contributed by atoms with E-state index in [4.69, 9.17) is 9.84 Å². The lowest BCUT2D eigenvalue weighted by atomic mass is 10.1. The zero-order valence-corrected chi connectivity index (χ0v) is 17.5. The number of aryl methyl sites for hydroxylation is 1. The molecular formula is C23H30N2O2S. The Morgan fingerprint density at radius 3 is 2.64 bits per heavy atom. The van der Waals surface area contributed by atoms with Crippen LogP contribution in [0.15, 0.2) is 52.3 Å². The predicted octanol–water partition coefficient (Wildman–Crippen LogP) is 4.46. The first-order valence-corrected chi connectivity index (χ1v) is 11.2. The standard InChI is InChI=1S/C23H30N2O2S/c1-18-7-8-23-21(17-18)25(20-5-2-3-6-22(20)28-23)12-4-11-24-13-9-19(10-14-24)27-16-15-26/h2-3,5-8,17,19,26H,4,9-16H2,1H3. The number of fused-ring (bicyclic) bond motifs is 2. The number of rotatable bonds is 7. The van der Waals surface area contributed by atoms with Gasteiger partial charge in [0.2, 0.25) is 0 Å². The molecule has 2 aromatic carbocycles. The maximum absolute atomic E-state index is 8.90. The molecule has 0 bridgehead atoms. The molecule has 0 aliphatic carbocycles. The molecule has 0 spiro atoms. The maximum Gasteiger partial charge on any atom is 0.0701 e. The van der Waals surface area contributed by atoms with Crippen LogP contribution in [0.1, 0.15) is 24.8 Å². The Bertz CT molecular complexity index is 790. The third-order valence-corrected chi connectivity index (χ3v) is 6.75. The second-order valence-corrected chi connectivity index (χ2v) is 8.77. The van der Waals surface area contributed by atoms with Crippen molar-refractivity contribution in [3.05, 3.63) is 48.0 Å². The number of ether oxygens (including phenoxy) is 1. The number of hydrogen-bond donors (Lipinski definition) is 1. The molecule has 0 unspecified atom stereocenters. The highest BCUT2D eigenvalue weighted by Crippen LogP contribution is 2.48. The molecule has 1 N–H and O–H groups in total. The fourth-order valence-corrected chi connectivity index (χ4v) is 5.23. The summed E-state index contributed by atoms with van der Waals surface area (Å²) in [6, 6.07) is 15.5. The quantitative estimate of drug-likeness (QED) is 0.745. The molecule has 1 saturated heterocycles. The molecule has 4 rings (SSSR count). The number of likely N-dealkylation sites (tertiary alicyclic amines) is 1. The van der Waals surface area contributed by atoms with E-state index in [0.29, 0.717) is 12.7 Å². The number of para-hydroxylation sites is 1. The van der Waals surface area contributed by atoms with Gasteiger partial charge in [-0.15, -0.1) is 0 Å². The van der Waals surface area contributed by atoms with Gasteiger partial charge < -0.3 is 19.6 Å². The average Bonchev–Trinajstić information content (AvgIpc) is 2.73. The first-order valence-electron chi connectivity index (χ1n) is 10.3. The fraction of sp³-hybridized carbons (Fsp3) is 0.478. The highest BCUT2D eigenvalue weighted by Gasteiger charge is 2.24. The second-order valence-electron chi connectivity index (χ2n) is 7.68. The highest BCUT2D eigenvalue weighted by atomic mass is 32.2. The molecule has 2 aliphatic rings. The van der Waals surface area contributed by atoms with Gasteiger partial charge in [0.25, 0.3) is 0 Å². The Morgan fingerprint density at radius 2 is 1.82 bits per heavy atom. The maximum atomic E-state index is 8.90. The van der Waals surface area contributed by atoms with Crippen LogP contribution in [0, 0.1) is 6.92 Å². The number of aliphatic hydroxyl groups excluding tert-OH is 1. The lowest BCUT2D eigenvalue weighted by molar-refractivity contribution is -0.00770. The number of aliphatic hydroxyl groups is 1. The molecule has 0 atom stereocenters. The Balaban J connectivity index is 1.37. The Hall–Kier alpha value is -1.53. The first-order chi connectivity index (χ1) is 13.7. The molecule has 1 fully saturated rings. The van der Waals surface area contributed by atoms with E-state index >= 15 is 0 Å². The molecule has 4 nitrogen and oxygen atoms in total. The minimum atomic E-state index is 0.122. The second kappa shape index (κ2) is 9.31. The minimum absolute atomic E-state index is 0.122. The van der Waals surface area contributed by atoms with Gasteiger partial charge in [-0.2, -0.15) is 0 Å². The van der Waals surface area contributed by atoms with Gasteiger partial charge >= 0.3 is 0 Å². The first kappa shape index (κ1) is 19.8. The van der Waals surface area contributed by atoms with Crippen LogP contribution in [-0.4, -0.2) is 55.5 Å². The summed E-state index contributed by atoms with van der Waals surface area (Å²) >= 11 is 1.88. The molecule has 5 heteroatoms. The summed E-state index contributed by atoms with van der Waals surface area (Å²) in [7, 11) is 0. The Kier molecular flexibility index (Phi) is 6.58. The molecule has 2 aromatic rings. The molecule has 2 heterocycles. The van der Waals surface area contributed by atoms with Gasteiger partial charge in [0.1, 0.15) is 0 Å². The van der Waals surface area contributed by atoms with Crippen LogP contribution in [0.5, 0.6) is 0 Å².